The quantitative estimate of drug-likeness (QED) is 0.852. The van der Waals surface area contributed by atoms with Gasteiger partial charge in [-0.15, -0.1) is 10.2 Å². The molecule has 4 rings (SSSR count). The first-order chi connectivity index (χ1) is 11.1. The van der Waals surface area contributed by atoms with Gasteiger partial charge in [-0.2, -0.15) is 4.31 Å². The first-order valence-corrected chi connectivity index (χ1v) is 9.52. The van der Waals surface area contributed by atoms with Crippen molar-refractivity contribution in [3.8, 4) is 11.7 Å². The van der Waals surface area contributed by atoms with Crippen LogP contribution in [0.1, 0.15) is 50.3 Å². The number of nitrogens with zero attached hydrogens (tertiary/aromatic N) is 3. The lowest BCUT2D eigenvalue weighted by Gasteiger charge is -2.12. The second kappa shape index (κ2) is 5.76. The molecule has 2 aliphatic rings. The minimum Gasteiger partial charge on any atom is -0.438 e. The summed E-state index contributed by atoms with van der Waals surface area (Å²) in [5.41, 5.74) is 0. The Labute approximate surface area is 134 Å². The smallest absolute Gasteiger partial charge is 0.283 e. The molecule has 0 N–H and O–H groups in total. The lowest BCUT2D eigenvalue weighted by Crippen LogP contribution is -2.27. The molecule has 0 spiro atoms. The summed E-state index contributed by atoms with van der Waals surface area (Å²) in [6.07, 6.45) is 6.27. The number of rotatable bonds is 4. The Morgan fingerprint density at radius 1 is 1.00 bits per heavy atom. The van der Waals surface area contributed by atoms with Gasteiger partial charge in [0, 0.05) is 19.0 Å². The van der Waals surface area contributed by atoms with Crippen molar-refractivity contribution in [2.24, 2.45) is 0 Å². The summed E-state index contributed by atoms with van der Waals surface area (Å²) < 4.78 is 37.5. The van der Waals surface area contributed by atoms with Gasteiger partial charge in [0.15, 0.2) is 5.76 Å². The lowest BCUT2D eigenvalue weighted by atomic mass is 10.1. The van der Waals surface area contributed by atoms with Gasteiger partial charge in [0.25, 0.3) is 15.9 Å². The summed E-state index contributed by atoms with van der Waals surface area (Å²) in [7, 11) is -3.56. The van der Waals surface area contributed by atoms with Crippen molar-refractivity contribution in [1.29, 1.82) is 0 Å². The molecule has 124 valence electrons. The summed E-state index contributed by atoms with van der Waals surface area (Å²) >= 11 is 0. The molecule has 1 aliphatic heterocycles. The molecule has 2 aromatic heterocycles. The van der Waals surface area contributed by atoms with E-state index >= 15 is 0 Å². The standard InChI is InChI=1S/C15H19N3O4S/c19-23(20,18-9-3-4-10-18)13-8-7-12(21-13)15-17-16-14(22-15)11-5-1-2-6-11/h7-8,11H,1-6,9-10H2. The molecular formula is C15H19N3O4S. The third kappa shape index (κ3) is 2.70. The van der Waals surface area contributed by atoms with Crippen molar-refractivity contribution in [3.05, 3.63) is 18.0 Å². The van der Waals surface area contributed by atoms with E-state index in [4.69, 9.17) is 8.83 Å². The Morgan fingerprint density at radius 3 is 2.48 bits per heavy atom. The number of hydrogen-bond donors (Lipinski definition) is 0. The molecule has 0 unspecified atom stereocenters. The van der Waals surface area contributed by atoms with Gasteiger partial charge in [-0.05, 0) is 37.8 Å². The molecule has 0 atom stereocenters. The molecule has 0 aromatic carbocycles. The van der Waals surface area contributed by atoms with Crippen LogP contribution in [0.25, 0.3) is 11.7 Å². The first-order valence-electron chi connectivity index (χ1n) is 8.08. The van der Waals surface area contributed by atoms with Crippen molar-refractivity contribution >= 4 is 10.0 Å². The summed E-state index contributed by atoms with van der Waals surface area (Å²) in [5, 5.41) is 8.03. The fourth-order valence-electron chi connectivity index (χ4n) is 3.30. The maximum Gasteiger partial charge on any atom is 0.283 e. The Hall–Kier alpha value is -1.67. The largest absolute Gasteiger partial charge is 0.438 e. The van der Waals surface area contributed by atoms with Gasteiger partial charge in [-0.3, -0.25) is 0 Å². The molecule has 0 amide bonds. The van der Waals surface area contributed by atoms with Gasteiger partial charge in [-0.25, -0.2) is 8.42 Å². The summed E-state index contributed by atoms with van der Waals surface area (Å²) in [4.78, 5) is 0. The van der Waals surface area contributed by atoms with Crippen LogP contribution in [-0.2, 0) is 10.0 Å². The van der Waals surface area contributed by atoms with E-state index in [-0.39, 0.29) is 11.0 Å². The van der Waals surface area contributed by atoms with E-state index in [0.717, 1.165) is 25.7 Å². The van der Waals surface area contributed by atoms with Crippen molar-refractivity contribution in [2.45, 2.75) is 49.5 Å². The van der Waals surface area contributed by atoms with Gasteiger partial charge < -0.3 is 8.83 Å². The molecule has 1 saturated carbocycles. The van der Waals surface area contributed by atoms with Crippen LogP contribution < -0.4 is 0 Å². The SMILES string of the molecule is O=S(=O)(c1ccc(-c2nnc(C3CCCC3)o2)o1)N1CCCC1. The Balaban J connectivity index is 1.58. The predicted molar refractivity (Wildman–Crippen MR) is 81.2 cm³/mol. The van der Waals surface area contributed by atoms with Crippen LogP contribution in [0, 0.1) is 0 Å². The van der Waals surface area contributed by atoms with Crippen LogP contribution in [0.3, 0.4) is 0 Å². The van der Waals surface area contributed by atoms with E-state index in [1.165, 1.54) is 23.2 Å². The summed E-state index contributed by atoms with van der Waals surface area (Å²) in [6.45, 7) is 1.09. The number of furan rings is 1. The average molecular weight is 337 g/mol. The normalized spacial score (nSPS) is 20.5. The molecule has 3 heterocycles. The highest BCUT2D eigenvalue weighted by atomic mass is 32.2. The van der Waals surface area contributed by atoms with Gasteiger partial charge >= 0.3 is 0 Å². The highest BCUT2D eigenvalue weighted by Crippen LogP contribution is 2.35. The minimum absolute atomic E-state index is 0.0602. The van der Waals surface area contributed by atoms with Crippen molar-refractivity contribution in [2.75, 3.05) is 13.1 Å². The van der Waals surface area contributed by atoms with Crippen LogP contribution in [0.5, 0.6) is 0 Å². The Kier molecular flexibility index (Phi) is 3.73. The third-order valence-corrected chi connectivity index (χ3v) is 6.37. The van der Waals surface area contributed by atoms with E-state index < -0.39 is 10.0 Å². The van der Waals surface area contributed by atoms with Crippen molar-refractivity contribution in [1.82, 2.24) is 14.5 Å². The monoisotopic (exact) mass is 337 g/mol. The summed E-state index contributed by atoms with van der Waals surface area (Å²) in [5.74, 6) is 1.49. The van der Waals surface area contributed by atoms with E-state index in [1.807, 2.05) is 0 Å². The number of aromatic nitrogens is 2. The predicted octanol–water partition coefficient (Wildman–Crippen LogP) is 2.77. The Morgan fingerprint density at radius 2 is 1.74 bits per heavy atom. The second-order valence-electron chi connectivity index (χ2n) is 6.16. The van der Waals surface area contributed by atoms with Gasteiger partial charge in [-0.1, -0.05) is 12.8 Å². The molecule has 2 aromatic rings. The van der Waals surface area contributed by atoms with Gasteiger partial charge in [0.1, 0.15) is 0 Å². The highest BCUT2D eigenvalue weighted by Gasteiger charge is 2.31. The molecule has 7 nitrogen and oxygen atoms in total. The molecular weight excluding hydrogens is 318 g/mol. The van der Waals surface area contributed by atoms with E-state index in [1.54, 1.807) is 6.07 Å². The minimum atomic E-state index is -3.56. The average Bonchev–Trinajstić information content (AvgIpc) is 3.36. The lowest BCUT2D eigenvalue weighted by molar-refractivity contribution is 0.401. The first kappa shape index (κ1) is 14.9. The highest BCUT2D eigenvalue weighted by molar-refractivity contribution is 7.89. The molecule has 8 heteroatoms. The number of sulfonamides is 1. The molecule has 1 aliphatic carbocycles. The summed E-state index contributed by atoms with van der Waals surface area (Å²) in [6, 6.07) is 3.04. The van der Waals surface area contributed by atoms with E-state index in [0.29, 0.717) is 30.7 Å². The van der Waals surface area contributed by atoms with Crippen LogP contribution in [0.15, 0.2) is 26.1 Å². The van der Waals surface area contributed by atoms with Crippen LogP contribution in [-0.4, -0.2) is 36.0 Å². The number of hydrogen-bond acceptors (Lipinski definition) is 6. The molecule has 2 fully saturated rings. The van der Waals surface area contributed by atoms with Crippen LogP contribution in [0.4, 0.5) is 0 Å². The fourth-order valence-corrected chi connectivity index (χ4v) is 4.73. The van der Waals surface area contributed by atoms with Gasteiger partial charge in [0.05, 0.1) is 0 Å². The zero-order valence-electron chi connectivity index (χ0n) is 12.8. The maximum atomic E-state index is 12.5. The van der Waals surface area contributed by atoms with Crippen molar-refractivity contribution < 1.29 is 17.3 Å². The molecule has 0 radical (unpaired) electrons. The van der Waals surface area contributed by atoms with Crippen LogP contribution in [0.2, 0.25) is 0 Å². The van der Waals surface area contributed by atoms with Crippen LogP contribution >= 0.6 is 0 Å². The molecule has 0 bridgehead atoms. The fraction of sp³-hybridized carbons (Fsp3) is 0.600. The zero-order chi connectivity index (χ0) is 15.9. The maximum absolute atomic E-state index is 12.5. The van der Waals surface area contributed by atoms with Crippen molar-refractivity contribution in [3.63, 3.8) is 0 Å². The second-order valence-corrected chi connectivity index (χ2v) is 8.03. The molecule has 1 saturated heterocycles. The van der Waals surface area contributed by atoms with Gasteiger partial charge in [0.2, 0.25) is 11.0 Å². The zero-order valence-corrected chi connectivity index (χ0v) is 13.6. The van der Waals surface area contributed by atoms with E-state index in [2.05, 4.69) is 10.2 Å². The Bertz CT molecular complexity index is 783. The van der Waals surface area contributed by atoms with E-state index in [9.17, 15) is 8.42 Å². The topological polar surface area (TPSA) is 89.4 Å². The third-order valence-electron chi connectivity index (χ3n) is 4.60. The molecule has 23 heavy (non-hydrogen) atoms.